The number of amides is 1. The van der Waals surface area contributed by atoms with Crippen molar-refractivity contribution in [2.24, 2.45) is 7.05 Å². The maximum absolute atomic E-state index is 13.5. The molecule has 1 unspecified atom stereocenters. The molecule has 2 aromatic rings. The topological polar surface area (TPSA) is 165 Å². The van der Waals surface area contributed by atoms with Gasteiger partial charge in [-0.15, -0.1) is 0 Å². The molecule has 1 aromatic heterocycles. The summed E-state index contributed by atoms with van der Waals surface area (Å²) in [5.74, 6) is -8.26. The Morgan fingerprint density at radius 3 is 2.28 bits per heavy atom. The molecule has 0 spiro atoms. The summed E-state index contributed by atoms with van der Waals surface area (Å²) in [6.07, 6.45) is 0. The van der Waals surface area contributed by atoms with Gasteiger partial charge >= 0.3 is 11.7 Å². The molecule has 1 aromatic carbocycles. The molecule has 1 atom stereocenters. The largest absolute Gasteiger partial charge is 0.503 e. The number of carbonyl (C=O) groups excluding carboxylic acids is 1. The first-order valence-electron chi connectivity index (χ1n) is 7.66. The minimum atomic E-state index is -5.03. The van der Waals surface area contributed by atoms with Crippen molar-refractivity contribution in [3.05, 3.63) is 50.2 Å². The maximum Gasteiger partial charge on any atom is 0.332 e. The van der Waals surface area contributed by atoms with Crippen molar-refractivity contribution in [1.29, 1.82) is 0 Å². The monoisotopic (exact) mass is 431 g/mol. The van der Waals surface area contributed by atoms with E-state index in [2.05, 4.69) is 0 Å². The molecule has 11 nitrogen and oxygen atoms in total. The Kier molecular flexibility index (Phi) is 4.53. The standard InChI is InChI=1S/C15H11F2N3O8S/c1-19-11-9(29(27,28)10(14(24)25)12(22)18-11)13(23)20(15(19)26)4-5-2-6(16)8(21)7(17)3-5/h2-3,10,21H,4H2,1H3,(H,18,22)(H,24,25). The molecule has 29 heavy (non-hydrogen) atoms. The molecule has 154 valence electrons. The number of sulfone groups is 1. The molecule has 1 amide bonds. The number of hydrogen-bond acceptors (Lipinski definition) is 7. The summed E-state index contributed by atoms with van der Waals surface area (Å²) in [4.78, 5) is 47.1. The summed E-state index contributed by atoms with van der Waals surface area (Å²) in [6, 6.07) is 1.25. The molecule has 3 N–H and O–H groups in total. The predicted octanol–water partition coefficient (Wildman–Crippen LogP) is -1.24. The number of hydrogen-bond donors (Lipinski definition) is 3. The maximum atomic E-state index is 13.5. The van der Waals surface area contributed by atoms with Crippen LogP contribution in [0.4, 0.5) is 14.6 Å². The fourth-order valence-electron chi connectivity index (χ4n) is 2.85. The number of phenolic OH excluding ortho intramolecular Hbond substituents is 1. The molecular formula is C15H11F2N3O8S. The highest BCUT2D eigenvalue weighted by Crippen LogP contribution is 2.27. The van der Waals surface area contributed by atoms with Gasteiger partial charge in [-0.2, -0.15) is 0 Å². The summed E-state index contributed by atoms with van der Waals surface area (Å²) in [5.41, 5.74) is -2.93. The van der Waals surface area contributed by atoms with Crippen LogP contribution in [0.1, 0.15) is 5.56 Å². The van der Waals surface area contributed by atoms with E-state index in [-0.39, 0.29) is 5.56 Å². The van der Waals surface area contributed by atoms with E-state index < -0.39 is 72.9 Å². The molecule has 0 aliphatic carbocycles. The number of phenols is 1. The first-order valence-corrected chi connectivity index (χ1v) is 9.20. The summed E-state index contributed by atoms with van der Waals surface area (Å²) in [5, 5.41) is 17.5. The number of benzene rings is 1. The first-order chi connectivity index (χ1) is 13.4. The fourth-order valence-corrected chi connectivity index (χ4v) is 4.51. The van der Waals surface area contributed by atoms with Crippen LogP contribution in [0, 0.1) is 11.6 Å². The van der Waals surface area contributed by atoms with E-state index >= 15 is 0 Å². The molecule has 0 saturated carbocycles. The lowest BCUT2D eigenvalue weighted by molar-refractivity contribution is -0.139. The Balaban J connectivity index is 2.29. The van der Waals surface area contributed by atoms with Gasteiger partial charge in [0, 0.05) is 7.05 Å². The Morgan fingerprint density at radius 2 is 1.76 bits per heavy atom. The number of carboxylic acids is 1. The second kappa shape index (κ2) is 6.51. The third kappa shape index (κ3) is 2.97. The van der Waals surface area contributed by atoms with Gasteiger partial charge in [0.05, 0.1) is 6.54 Å². The number of aliphatic carboxylic acids is 1. The number of anilines is 1. The van der Waals surface area contributed by atoms with Gasteiger partial charge in [-0.1, -0.05) is 0 Å². The van der Waals surface area contributed by atoms with Gasteiger partial charge in [-0.25, -0.2) is 22.0 Å². The average Bonchev–Trinajstić information content (AvgIpc) is 2.59. The average molecular weight is 431 g/mol. The molecule has 0 fully saturated rings. The van der Waals surface area contributed by atoms with E-state index in [1.54, 1.807) is 0 Å². The quantitative estimate of drug-likeness (QED) is 0.508. The van der Waals surface area contributed by atoms with Crippen molar-refractivity contribution in [3.63, 3.8) is 0 Å². The van der Waals surface area contributed by atoms with Crippen LogP contribution in [0.25, 0.3) is 0 Å². The van der Waals surface area contributed by atoms with Crippen LogP contribution in [-0.4, -0.2) is 44.9 Å². The van der Waals surface area contributed by atoms with Crippen molar-refractivity contribution >= 4 is 27.5 Å². The van der Waals surface area contributed by atoms with Gasteiger partial charge in [-0.3, -0.25) is 23.5 Å². The molecule has 1 aliphatic rings. The number of aromatic nitrogens is 2. The number of carboxylic acid groups (broad SMARTS) is 1. The van der Waals surface area contributed by atoms with Crippen molar-refractivity contribution in [1.82, 2.24) is 9.13 Å². The predicted molar refractivity (Wildman–Crippen MR) is 90.3 cm³/mol. The Bertz CT molecular complexity index is 1290. The van der Waals surface area contributed by atoms with Crippen LogP contribution in [0.5, 0.6) is 5.75 Å². The lowest BCUT2D eigenvalue weighted by Gasteiger charge is -2.24. The number of carbonyl (C=O) groups is 2. The number of aromatic hydroxyl groups is 1. The summed E-state index contributed by atoms with van der Waals surface area (Å²) >= 11 is 0. The Labute approximate surface area is 159 Å². The minimum Gasteiger partial charge on any atom is -0.503 e. The van der Waals surface area contributed by atoms with Crippen molar-refractivity contribution in [2.45, 2.75) is 16.7 Å². The highest BCUT2D eigenvalue weighted by Gasteiger charge is 2.48. The van der Waals surface area contributed by atoms with Crippen LogP contribution in [0.3, 0.4) is 0 Å². The third-order valence-corrected chi connectivity index (χ3v) is 6.20. The number of rotatable bonds is 3. The van der Waals surface area contributed by atoms with Crippen LogP contribution < -0.4 is 16.6 Å². The normalized spacial score (nSPS) is 17.5. The summed E-state index contributed by atoms with van der Waals surface area (Å²) in [7, 11) is -4.03. The lowest BCUT2D eigenvalue weighted by Crippen LogP contribution is -2.52. The molecule has 14 heteroatoms. The van der Waals surface area contributed by atoms with E-state index in [9.17, 15) is 36.4 Å². The Hall–Kier alpha value is -3.55. The summed E-state index contributed by atoms with van der Waals surface area (Å²) in [6.45, 7) is -0.798. The van der Waals surface area contributed by atoms with Gasteiger partial charge < -0.3 is 15.5 Å². The second-order valence-corrected chi connectivity index (χ2v) is 8.04. The SMILES string of the molecule is Cn1c2c(c(=O)n(Cc3cc(F)c(O)c(F)c3)c1=O)S(=O)(=O)C(C(=O)O)C(=O)N2. The fraction of sp³-hybridized carbons (Fsp3) is 0.200. The van der Waals surface area contributed by atoms with E-state index in [0.29, 0.717) is 21.3 Å². The molecule has 2 heterocycles. The van der Waals surface area contributed by atoms with Gasteiger partial charge in [0.25, 0.3) is 11.5 Å². The summed E-state index contributed by atoms with van der Waals surface area (Å²) < 4.78 is 53.1. The zero-order chi connectivity index (χ0) is 21.8. The molecule has 1 aliphatic heterocycles. The smallest absolute Gasteiger partial charge is 0.332 e. The number of nitrogens with zero attached hydrogens (tertiary/aromatic N) is 2. The van der Waals surface area contributed by atoms with E-state index in [1.165, 1.54) is 0 Å². The number of halogens is 2. The van der Waals surface area contributed by atoms with Crippen LogP contribution in [0.15, 0.2) is 26.6 Å². The van der Waals surface area contributed by atoms with Crippen molar-refractivity contribution < 1.29 is 37.0 Å². The van der Waals surface area contributed by atoms with Crippen molar-refractivity contribution in [2.75, 3.05) is 5.32 Å². The lowest BCUT2D eigenvalue weighted by atomic mass is 10.2. The van der Waals surface area contributed by atoms with Gasteiger partial charge in [0.2, 0.25) is 15.1 Å². The van der Waals surface area contributed by atoms with Crippen molar-refractivity contribution in [3.8, 4) is 5.75 Å². The zero-order valence-electron chi connectivity index (χ0n) is 14.3. The van der Waals surface area contributed by atoms with E-state index in [0.717, 1.165) is 7.05 Å². The van der Waals surface area contributed by atoms with Crippen LogP contribution in [0.2, 0.25) is 0 Å². The molecular weight excluding hydrogens is 420 g/mol. The number of nitrogens with one attached hydrogen (secondary N) is 1. The highest BCUT2D eigenvalue weighted by molar-refractivity contribution is 7.93. The third-order valence-electron chi connectivity index (χ3n) is 4.22. The van der Waals surface area contributed by atoms with E-state index in [1.807, 2.05) is 5.32 Å². The van der Waals surface area contributed by atoms with Crippen LogP contribution >= 0.6 is 0 Å². The van der Waals surface area contributed by atoms with Gasteiger partial charge in [0.15, 0.2) is 22.3 Å². The zero-order valence-corrected chi connectivity index (χ0v) is 15.2. The highest BCUT2D eigenvalue weighted by atomic mass is 32.2. The second-order valence-electron chi connectivity index (χ2n) is 6.07. The van der Waals surface area contributed by atoms with Gasteiger partial charge in [-0.05, 0) is 17.7 Å². The molecule has 0 saturated heterocycles. The minimum absolute atomic E-state index is 0.302. The molecule has 3 rings (SSSR count). The number of fused-ring (bicyclic) bond motifs is 1. The van der Waals surface area contributed by atoms with Crippen LogP contribution in [-0.2, 0) is 33.0 Å². The van der Waals surface area contributed by atoms with Gasteiger partial charge in [0.1, 0.15) is 5.82 Å². The molecule has 0 bridgehead atoms. The first kappa shape index (κ1) is 20.2. The Morgan fingerprint density at radius 1 is 1.21 bits per heavy atom. The molecule has 0 radical (unpaired) electrons. The van der Waals surface area contributed by atoms with E-state index in [4.69, 9.17) is 10.2 Å².